The number of aromatic nitrogens is 2. The molecule has 1 heterocycles. The van der Waals surface area contributed by atoms with E-state index < -0.39 is 5.69 Å². The van der Waals surface area contributed by atoms with Gasteiger partial charge in [0.1, 0.15) is 6.73 Å². The van der Waals surface area contributed by atoms with Crippen molar-refractivity contribution in [2.75, 3.05) is 6.61 Å². The van der Waals surface area contributed by atoms with E-state index in [9.17, 15) is 9.59 Å². The van der Waals surface area contributed by atoms with Gasteiger partial charge in [-0.2, -0.15) is 0 Å². The molecular weight excluding hydrogens is 328 g/mol. The molecule has 0 bridgehead atoms. The van der Waals surface area contributed by atoms with E-state index in [0.717, 1.165) is 18.4 Å². The second kappa shape index (κ2) is 9.73. The van der Waals surface area contributed by atoms with Gasteiger partial charge in [-0.1, -0.05) is 43.3 Å². The molecule has 0 spiro atoms. The van der Waals surface area contributed by atoms with Crippen molar-refractivity contribution in [2.24, 2.45) is 0 Å². The maximum atomic E-state index is 12.3. The monoisotopic (exact) mass is 354 g/mol. The smallest absolute Gasteiger partial charge is 0.330 e. The van der Waals surface area contributed by atoms with Crippen LogP contribution in [0.5, 0.6) is 0 Å². The minimum Gasteiger partial charge on any atom is -0.357 e. The Kier molecular flexibility index (Phi) is 7.36. The Labute approximate surface area is 153 Å². The van der Waals surface area contributed by atoms with Crippen molar-refractivity contribution in [3.63, 3.8) is 0 Å². The standard InChI is InChI=1S/C21H26N2O3/c1-4-7-9-16-10-8-11-17(13-16)14-19-18(6-3)20(24)22-21(25)23(19)15-26-12-5-2/h4-5,8,10-11,13H,1-2,6-7,9,12,14-15H2,3H3,(H,22,24,25). The van der Waals surface area contributed by atoms with Gasteiger partial charge in [-0.25, -0.2) is 4.79 Å². The van der Waals surface area contributed by atoms with Crippen LogP contribution < -0.4 is 11.2 Å². The molecule has 0 aliphatic rings. The summed E-state index contributed by atoms with van der Waals surface area (Å²) < 4.78 is 6.96. The highest BCUT2D eigenvalue weighted by Crippen LogP contribution is 2.14. The number of allylic oxidation sites excluding steroid dienone is 1. The zero-order valence-electron chi connectivity index (χ0n) is 15.3. The SMILES string of the molecule is C=CCCc1cccc(Cc2c(CC)c(=O)[nH]c(=O)n2COCC=C)c1. The summed E-state index contributed by atoms with van der Waals surface area (Å²) in [4.78, 5) is 26.9. The van der Waals surface area contributed by atoms with Crippen molar-refractivity contribution in [1.82, 2.24) is 9.55 Å². The lowest BCUT2D eigenvalue weighted by Crippen LogP contribution is -2.36. The molecule has 26 heavy (non-hydrogen) atoms. The van der Waals surface area contributed by atoms with Crippen LogP contribution in [0, 0.1) is 0 Å². The number of aromatic amines is 1. The summed E-state index contributed by atoms with van der Waals surface area (Å²) >= 11 is 0. The number of aryl methyl sites for hydroxylation is 1. The normalized spacial score (nSPS) is 10.7. The van der Waals surface area contributed by atoms with Crippen molar-refractivity contribution in [1.29, 1.82) is 0 Å². The molecule has 138 valence electrons. The zero-order chi connectivity index (χ0) is 18.9. The molecule has 2 aromatic rings. The van der Waals surface area contributed by atoms with Crippen molar-refractivity contribution in [3.8, 4) is 0 Å². The molecule has 2 rings (SSSR count). The van der Waals surface area contributed by atoms with Crippen LogP contribution in [0.1, 0.15) is 35.7 Å². The third-order valence-corrected chi connectivity index (χ3v) is 4.22. The number of hydrogen-bond donors (Lipinski definition) is 1. The van der Waals surface area contributed by atoms with Crippen LogP contribution in [-0.4, -0.2) is 16.2 Å². The summed E-state index contributed by atoms with van der Waals surface area (Å²) in [6, 6.07) is 8.20. The largest absolute Gasteiger partial charge is 0.357 e. The predicted molar refractivity (Wildman–Crippen MR) is 105 cm³/mol. The first kappa shape index (κ1) is 19.7. The molecule has 0 unspecified atom stereocenters. The van der Waals surface area contributed by atoms with E-state index in [2.05, 4.69) is 30.3 Å². The molecule has 1 N–H and O–H groups in total. The minimum absolute atomic E-state index is 0.0835. The van der Waals surface area contributed by atoms with Crippen LogP contribution in [0.2, 0.25) is 0 Å². The van der Waals surface area contributed by atoms with Crippen LogP contribution in [0.3, 0.4) is 0 Å². The lowest BCUT2D eigenvalue weighted by atomic mass is 10.0. The number of rotatable bonds is 10. The summed E-state index contributed by atoms with van der Waals surface area (Å²) in [6.07, 6.45) is 6.40. The number of ether oxygens (including phenoxy) is 1. The Morgan fingerprint density at radius 1 is 1.19 bits per heavy atom. The fourth-order valence-electron chi connectivity index (χ4n) is 2.94. The van der Waals surface area contributed by atoms with Crippen molar-refractivity contribution in [3.05, 3.63) is 92.8 Å². The number of H-pyrrole nitrogens is 1. The molecule has 0 fully saturated rings. The van der Waals surface area contributed by atoms with E-state index in [0.29, 0.717) is 30.7 Å². The molecule has 0 radical (unpaired) electrons. The lowest BCUT2D eigenvalue weighted by molar-refractivity contribution is 0.0943. The molecule has 1 aromatic heterocycles. The van der Waals surface area contributed by atoms with E-state index in [-0.39, 0.29) is 12.3 Å². The molecule has 0 atom stereocenters. The topological polar surface area (TPSA) is 64.1 Å². The minimum atomic E-state index is -0.450. The van der Waals surface area contributed by atoms with Gasteiger partial charge in [0.2, 0.25) is 0 Å². The van der Waals surface area contributed by atoms with Gasteiger partial charge >= 0.3 is 5.69 Å². The molecule has 0 aliphatic heterocycles. The van der Waals surface area contributed by atoms with Crippen molar-refractivity contribution in [2.45, 2.75) is 39.3 Å². The van der Waals surface area contributed by atoms with Crippen LogP contribution in [-0.2, 0) is 30.7 Å². The summed E-state index contributed by atoms with van der Waals surface area (Å²) in [5, 5.41) is 0. The summed E-state index contributed by atoms with van der Waals surface area (Å²) in [6.45, 7) is 9.70. The lowest BCUT2D eigenvalue weighted by Gasteiger charge is -2.16. The first-order chi connectivity index (χ1) is 12.6. The summed E-state index contributed by atoms with van der Waals surface area (Å²) in [5.41, 5.74) is 2.81. The van der Waals surface area contributed by atoms with Crippen molar-refractivity contribution < 1.29 is 4.74 Å². The Balaban J connectivity index is 2.43. The summed E-state index contributed by atoms with van der Waals surface area (Å²) in [7, 11) is 0. The Bertz CT molecular complexity index is 878. The maximum absolute atomic E-state index is 12.3. The van der Waals surface area contributed by atoms with Gasteiger partial charge in [0.25, 0.3) is 5.56 Å². The molecule has 0 saturated carbocycles. The number of nitrogens with zero attached hydrogens (tertiary/aromatic N) is 1. The Hall–Kier alpha value is -2.66. The highest BCUT2D eigenvalue weighted by Gasteiger charge is 2.14. The molecule has 0 saturated heterocycles. The second-order valence-corrected chi connectivity index (χ2v) is 6.08. The van der Waals surface area contributed by atoms with Crippen molar-refractivity contribution >= 4 is 0 Å². The van der Waals surface area contributed by atoms with E-state index in [1.807, 2.05) is 25.1 Å². The van der Waals surface area contributed by atoms with Crippen LogP contribution in [0.15, 0.2) is 59.2 Å². The van der Waals surface area contributed by atoms with E-state index >= 15 is 0 Å². The molecule has 0 amide bonds. The van der Waals surface area contributed by atoms with Gasteiger partial charge in [0, 0.05) is 17.7 Å². The Morgan fingerprint density at radius 3 is 2.65 bits per heavy atom. The van der Waals surface area contributed by atoms with Gasteiger partial charge in [-0.3, -0.25) is 14.3 Å². The predicted octanol–water partition coefficient (Wildman–Crippen LogP) is 2.97. The van der Waals surface area contributed by atoms with Gasteiger partial charge in [0.05, 0.1) is 6.61 Å². The van der Waals surface area contributed by atoms with Gasteiger partial charge in [0.15, 0.2) is 0 Å². The van der Waals surface area contributed by atoms with Crippen LogP contribution in [0.25, 0.3) is 0 Å². The highest BCUT2D eigenvalue weighted by atomic mass is 16.5. The Morgan fingerprint density at radius 2 is 1.96 bits per heavy atom. The first-order valence-corrected chi connectivity index (χ1v) is 8.82. The second-order valence-electron chi connectivity index (χ2n) is 6.08. The maximum Gasteiger partial charge on any atom is 0.330 e. The fourth-order valence-corrected chi connectivity index (χ4v) is 2.94. The fraction of sp³-hybridized carbons (Fsp3) is 0.333. The molecule has 0 aliphatic carbocycles. The van der Waals surface area contributed by atoms with E-state index in [1.165, 1.54) is 10.1 Å². The molecule has 5 nitrogen and oxygen atoms in total. The number of hydrogen-bond acceptors (Lipinski definition) is 3. The summed E-state index contributed by atoms with van der Waals surface area (Å²) in [5.74, 6) is 0. The van der Waals surface area contributed by atoms with Gasteiger partial charge < -0.3 is 4.74 Å². The average molecular weight is 354 g/mol. The quantitative estimate of drug-likeness (QED) is 0.527. The van der Waals surface area contributed by atoms with Gasteiger partial charge in [-0.15, -0.1) is 13.2 Å². The zero-order valence-corrected chi connectivity index (χ0v) is 15.3. The first-order valence-electron chi connectivity index (χ1n) is 8.82. The number of nitrogens with one attached hydrogen (secondary N) is 1. The molecule has 5 heteroatoms. The number of benzene rings is 1. The molecule has 1 aromatic carbocycles. The third kappa shape index (κ3) is 4.92. The highest BCUT2D eigenvalue weighted by molar-refractivity contribution is 5.30. The van der Waals surface area contributed by atoms with E-state index in [4.69, 9.17) is 4.74 Å². The van der Waals surface area contributed by atoms with Crippen LogP contribution >= 0.6 is 0 Å². The van der Waals surface area contributed by atoms with Crippen LogP contribution in [0.4, 0.5) is 0 Å². The third-order valence-electron chi connectivity index (χ3n) is 4.22. The van der Waals surface area contributed by atoms with E-state index in [1.54, 1.807) is 6.08 Å². The average Bonchev–Trinajstić information content (AvgIpc) is 2.63. The molecular formula is C21H26N2O3. The van der Waals surface area contributed by atoms with Gasteiger partial charge in [-0.05, 0) is 30.4 Å².